The molecular formula is C13H19FN2O. The zero-order valence-corrected chi connectivity index (χ0v) is 10.5. The minimum atomic E-state index is -0.428. The molecule has 1 unspecified atom stereocenters. The molecule has 0 radical (unpaired) electrons. The molecule has 0 aromatic heterocycles. The topological polar surface area (TPSA) is 47.3 Å². The molecular weight excluding hydrogens is 219 g/mol. The predicted octanol–water partition coefficient (Wildman–Crippen LogP) is 2.87. The van der Waals surface area contributed by atoms with Crippen molar-refractivity contribution in [1.82, 2.24) is 0 Å². The molecule has 3 N–H and O–H groups in total. The lowest BCUT2D eigenvalue weighted by Gasteiger charge is -2.12. The molecule has 1 saturated carbocycles. The molecule has 1 aliphatic rings. The summed E-state index contributed by atoms with van der Waals surface area (Å²) in [7, 11) is 1.45. The number of hydrogen-bond donors (Lipinski definition) is 2. The summed E-state index contributed by atoms with van der Waals surface area (Å²) in [5.74, 6) is 0.456. The van der Waals surface area contributed by atoms with Crippen LogP contribution in [0, 0.1) is 17.2 Å². The van der Waals surface area contributed by atoms with Crippen LogP contribution in [0.15, 0.2) is 12.1 Å². The Morgan fingerprint density at radius 3 is 2.71 bits per heavy atom. The van der Waals surface area contributed by atoms with Gasteiger partial charge in [-0.25, -0.2) is 4.39 Å². The minimum Gasteiger partial charge on any atom is -0.494 e. The Labute approximate surface area is 101 Å². The second-order valence-corrected chi connectivity index (χ2v) is 5.34. The first kappa shape index (κ1) is 12.0. The molecule has 0 heterocycles. The van der Waals surface area contributed by atoms with E-state index in [9.17, 15) is 4.39 Å². The van der Waals surface area contributed by atoms with Crippen molar-refractivity contribution < 1.29 is 9.13 Å². The molecule has 1 aromatic rings. The molecule has 1 aromatic carbocycles. The van der Waals surface area contributed by atoms with Gasteiger partial charge in [0.15, 0.2) is 11.6 Å². The van der Waals surface area contributed by atoms with Crippen molar-refractivity contribution in [2.45, 2.75) is 20.3 Å². The first-order valence-corrected chi connectivity index (χ1v) is 5.81. The van der Waals surface area contributed by atoms with E-state index in [-0.39, 0.29) is 5.75 Å². The van der Waals surface area contributed by atoms with Crippen molar-refractivity contribution in [3.05, 3.63) is 17.9 Å². The van der Waals surface area contributed by atoms with Crippen LogP contribution < -0.4 is 15.8 Å². The van der Waals surface area contributed by atoms with Gasteiger partial charge in [0.05, 0.1) is 18.5 Å². The number of halogens is 1. The van der Waals surface area contributed by atoms with E-state index in [4.69, 9.17) is 10.5 Å². The van der Waals surface area contributed by atoms with E-state index < -0.39 is 5.82 Å². The Bertz CT molecular complexity index is 432. The molecule has 0 amide bonds. The van der Waals surface area contributed by atoms with Crippen LogP contribution in [0.3, 0.4) is 0 Å². The lowest BCUT2D eigenvalue weighted by molar-refractivity contribution is 0.387. The van der Waals surface area contributed by atoms with Crippen molar-refractivity contribution in [3.63, 3.8) is 0 Å². The number of methoxy groups -OCH3 is 1. The van der Waals surface area contributed by atoms with Gasteiger partial charge in [-0.1, -0.05) is 13.8 Å². The third kappa shape index (κ3) is 2.46. The van der Waals surface area contributed by atoms with E-state index in [1.807, 2.05) is 0 Å². The SMILES string of the molecule is COc1cc(NCC2CC2(C)C)c(N)cc1F. The molecule has 4 heteroatoms. The molecule has 2 rings (SSSR count). The zero-order valence-electron chi connectivity index (χ0n) is 10.5. The van der Waals surface area contributed by atoms with Gasteiger partial charge in [-0.15, -0.1) is 0 Å². The molecule has 0 bridgehead atoms. The average molecular weight is 238 g/mol. The highest BCUT2D eigenvalue weighted by atomic mass is 19.1. The van der Waals surface area contributed by atoms with Gasteiger partial charge in [0.2, 0.25) is 0 Å². The summed E-state index contributed by atoms with van der Waals surface area (Å²) in [6.07, 6.45) is 1.22. The number of ether oxygens (including phenoxy) is 1. The van der Waals surface area contributed by atoms with Crippen molar-refractivity contribution in [1.29, 1.82) is 0 Å². The Kier molecular flexibility index (Phi) is 2.89. The molecule has 1 aliphatic carbocycles. The summed E-state index contributed by atoms with van der Waals surface area (Å²) >= 11 is 0. The van der Waals surface area contributed by atoms with Crippen molar-refractivity contribution in [2.75, 3.05) is 24.7 Å². The summed E-state index contributed by atoms with van der Waals surface area (Å²) in [4.78, 5) is 0. The molecule has 0 saturated heterocycles. The van der Waals surface area contributed by atoms with Crippen molar-refractivity contribution in [2.24, 2.45) is 11.3 Å². The number of nitrogens with one attached hydrogen (secondary N) is 1. The fourth-order valence-corrected chi connectivity index (χ4v) is 2.04. The predicted molar refractivity (Wildman–Crippen MR) is 67.7 cm³/mol. The third-order valence-electron chi connectivity index (χ3n) is 3.58. The van der Waals surface area contributed by atoms with E-state index in [2.05, 4.69) is 19.2 Å². The second kappa shape index (κ2) is 4.09. The van der Waals surface area contributed by atoms with Gasteiger partial charge < -0.3 is 15.8 Å². The Morgan fingerprint density at radius 1 is 1.53 bits per heavy atom. The standard InChI is InChI=1S/C13H19FN2O/c1-13(2)6-8(13)7-16-11-5-12(17-3)9(14)4-10(11)15/h4-5,8,16H,6-7,15H2,1-3H3. The molecule has 1 atom stereocenters. The van der Waals surface area contributed by atoms with Crippen LogP contribution in [0.5, 0.6) is 5.75 Å². The van der Waals surface area contributed by atoms with Crippen LogP contribution in [0.25, 0.3) is 0 Å². The Hall–Kier alpha value is -1.45. The summed E-state index contributed by atoms with van der Waals surface area (Å²) in [6.45, 7) is 5.36. The van der Waals surface area contributed by atoms with Gasteiger partial charge in [-0.05, 0) is 17.8 Å². The van der Waals surface area contributed by atoms with E-state index in [1.54, 1.807) is 6.07 Å². The van der Waals surface area contributed by atoms with Crippen LogP contribution in [0.1, 0.15) is 20.3 Å². The Morgan fingerprint density at radius 2 is 2.18 bits per heavy atom. The molecule has 3 nitrogen and oxygen atoms in total. The second-order valence-electron chi connectivity index (χ2n) is 5.34. The van der Waals surface area contributed by atoms with Crippen molar-refractivity contribution in [3.8, 4) is 5.75 Å². The summed E-state index contributed by atoms with van der Waals surface area (Å²) in [5, 5.41) is 3.26. The monoisotopic (exact) mass is 238 g/mol. The normalized spacial score (nSPS) is 21.1. The molecule has 1 fully saturated rings. The fourth-order valence-electron chi connectivity index (χ4n) is 2.04. The maximum Gasteiger partial charge on any atom is 0.167 e. The quantitative estimate of drug-likeness (QED) is 0.793. The van der Waals surface area contributed by atoms with E-state index in [1.165, 1.54) is 19.6 Å². The number of rotatable bonds is 4. The lowest BCUT2D eigenvalue weighted by Crippen LogP contribution is -2.09. The number of hydrogen-bond acceptors (Lipinski definition) is 3. The minimum absolute atomic E-state index is 0.219. The van der Waals surface area contributed by atoms with Gasteiger partial charge in [0.1, 0.15) is 0 Å². The van der Waals surface area contributed by atoms with Crippen LogP contribution in [0.4, 0.5) is 15.8 Å². The highest BCUT2D eigenvalue weighted by Gasteiger charge is 2.44. The highest BCUT2D eigenvalue weighted by molar-refractivity contribution is 5.68. The van der Waals surface area contributed by atoms with E-state index in [0.717, 1.165) is 12.2 Å². The zero-order chi connectivity index (χ0) is 12.6. The number of benzene rings is 1. The molecule has 94 valence electrons. The average Bonchev–Trinajstić information content (AvgIpc) is 2.85. The molecule has 0 spiro atoms. The number of nitrogens with two attached hydrogens (primary N) is 1. The third-order valence-corrected chi connectivity index (χ3v) is 3.58. The largest absolute Gasteiger partial charge is 0.494 e. The van der Waals surface area contributed by atoms with Gasteiger partial charge in [0, 0.05) is 18.7 Å². The number of nitrogen functional groups attached to an aromatic ring is 1. The first-order valence-electron chi connectivity index (χ1n) is 5.81. The maximum absolute atomic E-state index is 13.3. The van der Waals surface area contributed by atoms with Gasteiger partial charge in [0.25, 0.3) is 0 Å². The van der Waals surface area contributed by atoms with Gasteiger partial charge in [-0.3, -0.25) is 0 Å². The van der Waals surface area contributed by atoms with Crippen LogP contribution in [0.2, 0.25) is 0 Å². The maximum atomic E-state index is 13.3. The highest BCUT2D eigenvalue weighted by Crippen LogP contribution is 2.51. The van der Waals surface area contributed by atoms with Crippen LogP contribution in [-0.2, 0) is 0 Å². The van der Waals surface area contributed by atoms with Gasteiger partial charge >= 0.3 is 0 Å². The number of anilines is 2. The van der Waals surface area contributed by atoms with Crippen molar-refractivity contribution >= 4 is 11.4 Å². The summed E-state index contributed by atoms with van der Waals surface area (Å²) < 4.78 is 18.3. The van der Waals surface area contributed by atoms with Crippen LogP contribution >= 0.6 is 0 Å². The molecule has 17 heavy (non-hydrogen) atoms. The lowest BCUT2D eigenvalue weighted by atomic mass is 10.1. The summed E-state index contributed by atoms with van der Waals surface area (Å²) in [5.41, 5.74) is 7.34. The molecule has 0 aliphatic heterocycles. The Balaban J connectivity index is 2.05. The van der Waals surface area contributed by atoms with E-state index in [0.29, 0.717) is 17.0 Å². The summed E-state index contributed by atoms with van der Waals surface area (Å²) in [6, 6.07) is 2.90. The van der Waals surface area contributed by atoms with E-state index >= 15 is 0 Å². The van der Waals surface area contributed by atoms with Gasteiger partial charge in [-0.2, -0.15) is 0 Å². The van der Waals surface area contributed by atoms with Crippen LogP contribution in [-0.4, -0.2) is 13.7 Å². The fraction of sp³-hybridized carbons (Fsp3) is 0.538. The smallest absolute Gasteiger partial charge is 0.167 e. The first-order chi connectivity index (χ1) is 7.94.